The van der Waals surface area contributed by atoms with Crippen LogP contribution in [0, 0.1) is 6.92 Å². The molecule has 4 heteroatoms. The highest BCUT2D eigenvalue weighted by Gasteiger charge is 2.05. The zero-order valence-corrected chi connectivity index (χ0v) is 12.2. The normalized spacial score (nSPS) is 10.3. The molecule has 3 nitrogen and oxygen atoms in total. The number of aryl methyl sites for hydroxylation is 1. The van der Waals surface area contributed by atoms with Crippen molar-refractivity contribution in [2.24, 2.45) is 0 Å². The second-order valence-electron chi connectivity index (χ2n) is 4.69. The van der Waals surface area contributed by atoms with Gasteiger partial charge >= 0.3 is 0 Å². The lowest BCUT2D eigenvalue weighted by atomic mass is 10.1. The summed E-state index contributed by atoms with van der Waals surface area (Å²) in [6.45, 7) is 2.83. The summed E-state index contributed by atoms with van der Waals surface area (Å²) in [6, 6.07) is 9.92. The minimum absolute atomic E-state index is 0.759. The van der Waals surface area contributed by atoms with Crippen LogP contribution in [0.2, 0.25) is 5.02 Å². The standard InChI is InChI=1S/C15H18ClN3/c1-11-9-13(16)7-6-12(11)10-18-14-5-4-8-17-15(14)19(2)3/h4-9,18H,10H2,1-3H3. The molecule has 0 spiro atoms. The molecule has 0 aliphatic rings. The van der Waals surface area contributed by atoms with Crippen molar-refractivity contribution in [2.75, 3.05) is 24.3 Å². The topological polar surface area (TPSA) is 28.2 Å². The summed E-state index contributed by atoms with van der Waals surface area (Å²) in [4.78, 5) is 6.37. The van der Waals surface area contributed by atoms with Crippen LogP contribution >= 0.6 is 11.6 Å². The van der Waals surface area contributed by atoms with Crippen molar-refractivity contribution >= 4 is 23.1 Å². The quantitative estimate of drug-likeness (QED) is 0.922. The monoisotopic (exact) mass is 275 g/mol. The number of anilines is 2. The summed E-state index contributed by atoms with van der Waals surface area (Å²) < 4.78 is 0. The molecule has 1 aromatic heterocycles. The number of benzene rings is 1. The summed E-state index contributed by atoms with van der Waals surface area (Å²) in [5, 5.41) is 4.20. The lowest BCUT2D eigenvalue weighted by Gasteiger charge is -2.17. The predicted octanol–water partition coefficient (Wildman–Crippen LogP) is 3.72. The Morgan fingerprint density at radius 1 is 1.26 bits per heavy atom. The number of hydrogen-bond donors (Lipinski definition) is 1. The number of hydrogen-bond acceptors (Lipinski definition) is 3. The number of nitrogens with one attached hydrogen (secondary N) is 1. The molecule has 0 saturated carbocycles. The molecule has 0 fully saturated rings. The highest BCUT2D eigenvalue weighted by Crippen LogP contribution is 2.22. The number of aromatic nitrogens is 1. The maximum Gasteiger partial charge on any atom is 0.151 e. The summed E-state index contributed by atoms with van der Waals surface area (Å²) in [5.41, 5.74) is 3.45. The van der Waals surface area contributed by atoms with Crippen LogP contribution in [-0.2, 0) is 6.54 Å². The van der Waals surface area contributed by atoms with Crippen molar-refractivity contribution < 1.29 is 0 Å². The molecule has 0 amide bonds. The Labute approximate surface area is 119 Å². The zero-order valence-electron chi connectivity index (χ0n) is 11.4. The van der Waals surface area contributed by atoms with Gasteiger partial charge in [0.2, 0.25) is 0 Å². The summed E-state index contributed by atoms with van der Waals surface area (Å²) in [5.74, 6) is 0.939. The third-order valence-corrected chi connectivity index (χ3v) is 3.22. The fraction of sp³-hybridized carbons (Fsp3) is 0.267. The molecule has 2 rings (SSSR count). The first-order valence-corrected chi connectivity index (χ1v) is 6.57. The minimum Gasteiger partial charge on any atom is -0.378 e. The number of pyridine rings is 1. The van der Waals surface area contributed by atoms with Crippen molar-refractivity contribution in [3.05, 3.63) is 52.7 Å². The van der Waals surface area contributed by atoms with E-state index in [2.05, 4.69) is 23.3 Å². The van der Waals surface area contributed by atoms with Gasteiger partial charge in [0.1, 0.15) is 0 Å². The zero-order chi connectivity index (χ0) is 13.8. The molecule has 19 heavy (non-hydrogen) atoms. The fourth-order valence-corrected chi connectivity index (χ4v) is 2.17. The van der Waals surface area contributed by atoms with Gasteiger partial charge in [-0.1, -0.05) is 17.7 Å². The van der Waals surface area contributed by atoms with E-state index in [-0.39, 0.29) is 0 Å². The van der Waals surface area contributed by atoms with Gasteiger partial charge in [-0.2, -0.15) is 0 Å². The molecule has 0 bridgehead atoms. The molecule has 100 valence electrons. The van der Waals surface area contributed by atoms with Gasteiger partial charge in [-0.15, -0.1) is 0 Å². The van der Waals surface area contributed by atoms with Crippen LogP contribution in [0.4, 0.5) is 11.5 Å². The van der Waals surface area contributed by atoms with Crippen molar-refractivity contribution in [1.29, 1.82) is 0 Å². The van der Waals surface area contributed by atoms with Crippen molar-refractivity contribution in [3.8, 4) is 0 Å². The minimum atomic E-state index is 0.759. The second kappa shape index (κ2) is 5.93. The number of halogens is 1. The predicted molar refractivity (Wildman–Crippen MR) is 82.1 cm³/mol. The Morgan fingerprint density at radius 3 is 2.74 bits per heavy atom. The second-order valence-corrected chi connectivity index (χ2v) is 5.13. The molecule has 1 aromatic carbocycles. The van der Waals surface area contributed by atoms with Crippen LogP contribution < -0.4 is 10.2 Å². The smallest absolute Gasteiger partial charge is 0.151 e. The molecule has 0 aliphatic carbocycles. The molecular weight excluding hydrogens is 258 g/mol. The maximum absolute atomic E-state index is 5.96. The van der Waals surface area contributed by atoms with Crippen LogP contribution in [0.1, 0.15) is 11.1 Å². The van der Waals surface area contributed by atoms with Crippen LogP contribution in [0.5, 0.6) is 0 Å². The van der Waals surface area contributed by atoms with Gasteiger partial charge in [0.15, 0.2) is 5.82 Å². The van der Waals surface area contributed by atoms with Gasteiger partial charge in [0, 0.05) is 31.9 Å². The van der Waals surface area contributed by atoms with Gasteiger partial charge in [0.05, 0.1) is 5.69 Å². The maximum atomic E-state index is 5.96. The van der Waals surface area contributed by atoms with E-state index >= 15 is 0 Å². The largest absolute Gasteiger partial charge is 0.378 e. The molecule has 0 aliphatic heterocycles. The highest BCUT2D eigenvalue weighted by molar-refractivity contribution is 6.30. The Hall–Kier alpha value is -1.74. The molecule has 1 N–H and O–H groups in total. The fourth-order valence-electron chi connectivity index (χ4n) is 1.94. The van der Waals surface area contributed by atoms with Crippen molar-refractivity contribution in [3.63, 3.8) is 0 Å². The molecular formula is C15H18ClN3. The number of nitrogens with zero attached hydrogens (tertiary/aromatic N) is 2. The molecule has 0 radical (unpaired) electrons. The van der Waals surface area contributed by atoms with Crippen LogP contribution in [0.15, 0.2) is 36.5 Å². The van der Waals surface area contributed by atoms with Crippen LogP contribution in [0.3, 0.4) is 0 Å². The molecule has 1 heterocycles. The Balaban J connectivity index is 2.14. The van der Waals surface area contributed by atoms with E-state index in [0.29, 0.717) is 0 Å². The highest BCUT2D eigenvalue weighted by atomic mass is 35.5. The van der Waals surface area contributed by atoms with E-state index in [1.165, 1.54) is 11.1 Å². The SMILES string of the molecule is Cc1cc(Cl)ccc1CNc1cccnc1N(C)C. The van der Waals surface area contributed by atoms with E-state index < -0.39 is 0 Å². The van der Waals surface area contributed by atoms with E-state index in [4.69, 9.17) is 11.6 Å². The first kappa shape index (κ1) is 13.7. The molecule has 0 saturated heterocycles. The van der Waals surface area contributed by atoms with Gasteiger partial charge in [-0.25, -0.2) is 4.98 Å². The van der Waals surface area contributed by atoms with E-state index in [1.54, 1.807) is 6.20 Å². The average molecular weight is 276 g/mol. The Bertz CT molecular complexity index is 567. The first-order chi connectivity index (χ1) is 9.08. The number of rotatable bonds is 4. The van der Waals surface area contributed by atoms with Crippen LogP contribution in [0.25, 0.3) is 0 Å². The first-order valence-electron chi connectivity index (χ1n) is 6.19. The van der Waals surface area contributed by atoms with Gasteiger partial charge in [-0.3, -0.25) is 0 Å². The average Bonchev–Trinajstić information content (AvgIpc) is 2.38. The van der Waals surface area contributed by atoms with E-state index in [1.807, 2.05) is 43.3 Å². The lowest BCUT2D eigenvalue weighted by Crippen LogP contribution is -2.14. The van der Waals surface area contributed by atoms with E-state index in [0.717, 1.165) is 23.1 Å². The van der Waals surface area contributed by atoms with Crippen molar-refractivity contribution in [1.82, 2.24) is 4.98 Å². The third-order valence-electron chi connectivity index (χ3n) is 2.98. The molecule has 0 atom stereocenters. The van der Waals surface area contributed by atoms with Crippen molar-refractivity contribution in [2.45, 2.75) is 13.5 Å². The van der Waals surface area contributed by atoms with Gasteiger partial charge < -0.3 is 10.2 Å². The van der Waals surface area contributed by atoms with Gasteiger partial charge in [0.25, 0.3) is 0 Å². The lowest BCUT2D eigenvalue weighted by molar-refractivity contribution is 1.05. The Morgan fingerprint density at radius 2 is 2.05 bits per heavy atom. The van der Waals surface area contributed by atoms with Gasteiger partial charge in [-0.05, 0) is 42.3 Å². The van der Waals surface area contributed by atoms with Crippen LogP contribution in [-0.4, -0.2) is 19.1 Å². The van der Waals surface area contributed by atoms with E-state index in [9.17, 15) is 0 Å². The Kier molecular flexibility index (Phi) is 4.27. The molecule has 0 unspecified atom stereocenters. The molecule has 2 aromatic rings. The summed E-state index contributed by atoms with van der Waals surface area (Å²) in [7, 11) is 3.97. The summed E-state index contributed by atoms with van der Waals surface area (Å²) >= 11 is 5.96. The summed E-state index contributed by atoms with van der Waals surface area (Å²) in [6.07, 6.45) is 1.80. The third kappa shape index (κ3) is 3.38.